The quantitative estimate of drug-likeness (QED) is 0.799. The smallest absolute Gasteiger partial charge is 0.245 e. The van der Waals surface area contributed by atoms with Crippen LogP contribution in [0.2, 0.25) is 5.02 Å². The van der Waals surface area contributed by atoms with Crippen molar-refractivity contribution in [2.24, 2.45) is 0 Å². The number of fused-ring (bicyclic) bond motifs is 3. The van der Waals surface area contributed by atoms with Gasteiger partial charge in [0.1, 0.15) is 6.04 Å². The van der Waals surface area contributed by atoms with Crippen LogP contribution in [0.15, 0.2) is 48.5 Å². The van der Waals surface area contributed by atoms with Crippen molar-refractivity contribution in [1.29, 1.82) is 0 Å². The van der Waals surface area contributed by atoms with Crippen LogP contribution in [0.25, 0.3) is 0 Å². The lowest BCUT2D eigenvalue weighted by molar-refractivity contribution is -0.152. The molecule has 4 rings (SSSR count). The first-order valence-corrected chi connectivity index (χ1v) is 9.91. The van der Waals surface area contributed by atoms with E-state index in [4.69, 9.17) is 11.6 Å². The number of hydrogen-bond donors (Lipinski definition) is 0. The molecule has 2 aromatic rings. The molecule has 2 heterocycles. The fraction of sp³-hybridized carbons (Fsp3) is 0.364. The molecule has 1 fully saturated rings. The summed E-state index contributed by atoms with van der Waals surface area (Å²) in [5.41, 5.74) is 3.20. The number of carbonyl (C=O) groups is 2. The van der Waals surface area contributed by atoms with Gasteiger partial charge in [0.25, 0.3) is 0 Å². The third-order valence-electron chi connectivity index (χ3n) is 5.68. The van der Waals surface area contributed by atoms with Crippen molar-refractivity contribution in [1.82, 2.24) is 14.7 Å². The van der Waals surface area contributed by atoms with Gasteiger partial charge in [0.05, 0.1) is 12.6 Å². The van der Waals surface area contributed by atoms with E-state index in [1.165, 1.54) is 5.56 Å². The second kappa shape index (κ2) is 7.57. The van der Waals surface area contributed by atoms with Crippen LogP contribution in [0.4, 0.5) is 0 Å². The van der Waals surface area contributed by atoms with Crippen molar-refractivity contribution in [3.63, 3.8) is 0 Å². The van der Waals surface area contributed by atoms with Gasteiger partial charge in [-0.15, -0.1) is 0 Å². The second-order valence-electron chi connectivity index (χ2n) is 7.69. The van der Waals surface area contributed by atoms with E-state index < -0.39 is 6.04 Å². The van der Waals surface area contributed by atoms with Crippen LogP contribution >= 0.6 is 11.6 Å². The molecule has 0 bridgehead atoms. The van der Waals surface area contributed by atoms with Crippen LogP contribution in [-0.2, 0) is 16.0 Å². The number of halogens is 1. The highest BCUT2D eigenvalue weighted by Gasteiger charge is 2.40. The predicted octanol–water partition coefficient (Wildman–Crippen LogP) is 2.91. The van der Waals surface area contributed by atoms with Gasteiger partial charge < -0.3 is 9.80 Å². The third-order valence-corrected chi connectivity index (χ3v) is 5.92. The molecule has 6 heteroatoms. The Kier molecular flexibility index (Phi) is 5.13. The molecule has 1 saturated heterocycles. The minimum absolute atomic E-state index is 0.000735. The molecule has 2 unspecified atom stereocenters. The summed E-state index contributed by atoms with van der Waals surface area (Å²) in [6.45, 7) is 1.31. The SMILES string of the molecule is CN(C)C(C(=O)N1CC(=O)N2CCc3ccc(Cl)cc3C2C1)c1ccccc1. The number of amides is 2. The lowest BCUT2D eigenvalue weighted by Crippen LogP contribution is -2.57. The molecule has 28 heavy (non-hydrogen) atoms. The van der Waals surface area contributed by atoms with E-state index in [9.17, 15) is 9.59 Å². The zero-order chi connectivity index (χ0) is 19.8. The molecular weight excluding hydrogens is 374 g/mol. The van der Waals surface area contributed by atoms with Gasteiger partial charge in [-0.05, 0) is 49.3 Å². The zero-order valence-corrected chi connectivity index (χ0v) is 16.9. The average molecular weight is 398 g/mol. The molecule has 0 aromatic heterocycles. The van der Waals surface area contributed by atoms with Crippen molar-refractivity contribution in [3.05, 3.63) is 70.2 Å². The number of likely N-dealkylation sites (N-methyl/N-ethyl adjacent to an activating group) is 1. The summed E-state index contributed by atoms with van der Waals surface area (Å²) in [5.74, 6) is -0.0425. The van der Waals surface area contributed by atoms with E-state index in [0.717, 1.165) is 17.5 Å². The molecule has 0 N–H and O–H groups in total. The monoisotopic (exact) mass is 397 g/mol. The fourth-order valence-electron chi connectivity index (χ4n) is 4.33. The van der Waals surface area contributed by atoms with Gasteiger partial charge in [-0.1, -0.05) is 48.0 Å². The Morgan fingerprint density at radius 1 is 1.18 bits per heavy atom. The molecule has 2 amide bonds. The largest absolute Gasteiger partial charge is 0.332 e. The zero-order valence-electron chi connectivity index (χ0n) is 16.1. The Morgan fingerprint density at radius 3 is 2.64 bits per heavy atom. The molecule has 0 radical (unpaired) electrons. The molecule has 2 aliphatic heterocycles. The van der Waals surface area contributed by atoms with Crippen molar-refractivity contribution in [2.75, 3.05) is 33.7 Å². The minimum atomic E-state index is -0.414. The summed E-state index contributed by atoms with van der Waals surface area (Å²) in [4.78, 5) is 31.8. The van der Waals surface area contributed by atoms with Crippen molar-refractivity contribution in [3.8, 4) is 0 Å². The van der Waals surface area contributed by atoms with Crippen LogP contribution in [0.5, 0.6) is 0 Å². The Hall–Kier alpha value is -2.37. The van der Waals surface area contributed by atoms with E-state index in [0.29, 0.717) is 18.1 Å². The molecular formula is C22H24ClN3O2. The van der Waals surface area contributed by atoms with E-state index >= 15 is 0 Å². The van der Waals surface area contributed by atoms with Crippen molar-refractivity contribution in [2.45, 2.75) is 18.5 Å². The summed E-state index contributed by atoms with van der Waals surface area (Å²) in [6.07, 6.45) is 0.826. The topological polar surface area (TPSA) is 43.9 Å². The number of rotatable bonds is 3. The lowest BCUT2D eigenvalue weighted by Gasteiger charge is -2.45. The van der Waals surface area contributed by atoms with E-state index in [1.54, 1.807) is 4.90 Å². The number of hydrogen-bond acceptors (Lipinski definition) is 3. The number of nitrogens with zero attached hydrogens (tertiary/aromatic N) is 3. The van der Waals surface area contributed by atoms with Gasteiger partial charge in [-0.3, -0.25) is 14.5 Å². The molecule has 0 aliphatic carbocycles. The average Bonchev–Trinajstić information content (AvgIpc) is 2.68. The van der Waals surface area contributed by atoms with E-state index in [2.05, 4.69) is 0 Å². The van der Waals surface area contributed by atoms with Crippen LogP contribution in [0.3, 0.4) is 0 Å². The summed E-state index contributed by atoms with van der Waals surface area (Å²) in [6, 6.07) is 15.0. The summed E-state index contributed by atoms with van der Waals surface area (Å²) in [5, 5.41) is 0.659. The highest BCUT2D eigenvalue weighted by atomic mass is 35.5. The highest BCUT2D eigenvalue weighted by Crippen LogP contribution is 2.35. The Morgan fingerprint density at radius 2 is 1.93 bits per heavy atom. The Bertz CT molecular complexity index is 900. The van der Waals surface area contributed by atoms with Crippen LogP contribution in [0.1, 0.15) is 28.8 Å². The second-order valence-corrected chi connectivity index (χ2v) is 8.13. The summed E-state index contributed by atoms with van der Waals surface area (Å²) in [7, 11) is 3.78. The predicted molar refractivity (Wildman–Crippen MR) is 109 cm³/mol. The maximum Gasteiger partial charge on any atom is 0.245 e. The number of piperazine rings is 1. The molecule has 146 valence electrons. The number of benzene rings is 2. The number of carbonyl (C=O) groups excluding carboxylic acids is 2. The van der Waals surface area contributed by atoms with Gasteiger partial charge in [-0.2, -0.15) is 0 Å². The Balaban J connectivity index is 1.65. The molecule has 2 atom stereocenters. The standard InChI is InChI=1S/C22H24ClN3O2/c1-24(2)21(16-6-4-3-5-7-16)22(28)25-13-19-18-12-17(23)9-8-15(18)10-11-26(19)20(27)14-25/h3-9,12,19,21H,10-11,13-14H2,1-2H3. The molecule has 5 nitrogen and oxygen atoms in total. The van der Waals surface area contributed by atoms with Crippen molar-refractivity contribution < 1.29 is 9.59 Å². The highest BCUT2D eigenvalue weighted by molar-refractivity contribution is 6.30. The van der Waals surface area contributed by atoms with Crippen LogP contribution in [0, 0.1) is 0 Å². The third kappa shape index (κ3) is 3.40. The van der Waals surface area contributed by atoms with Crippen molar-refractivity contribution >= 4 is 23.4 Å². The summed E-state index contributed by atoms with van der Waals surface area (Å²) < 4.78 is 0. The first-order valence-electron chi connectivity index (χ1n) is 9.53. The molecule has 2 aromatic carbocycles. The normalized spacial score (nSPS) is 20.0. The lowest BCUT2D eigenvalue weighted by atomic mass is 9.90. The van der Waals surface area contributed by atoms with Crippen LogP contribution in [-0.4, -0.2) is 60.2 Å². The maximum atomic E-state index is 13.4. The van der Waals surface area contributed by atoms with Gasteiger partial charge in [-0.25, -0.2) is 0 Å². The van der Waals surface area contributed by atoms with Gasteiger partial charge in [0, 0.05) is 18.1 Å². The fourth-order valence-corrected chi connectivity index (χ4v) is 4.51. The first kappa shape index (κ1) is 19.0. The first-order chi connectivity index (χ1) is 13.5. The van der Waals surface area contributed by atoms with Gasteiger partial charge >= 0.3 is 0 Å². The van der Waals surface area contributed by atoms with Gasteiger partial charge in [0.15, 0.2) is 0 Å². The summed E-state index contributed by atoms with van der Waals surface area (Å²) >= 11 is 6.22. The molecule has 2 aliphatic rings. The van der Waals surface area contributed by atoms with Gasteiger partial charge in [0.2, 0.25) is 11.8 Å². The maximum absolute atomic E-state index is 13.4. The molecule has 0 saturated carbocycles. The molecule has 0 spiro atoms. The van der Waals surface area contributed by atoms with E-state index in [1.807, 2.05) is 72.4 Å². The van der Waals surface area contributed by atoms with E-state index in [-0.39, 0.29) is 24.4 Å². The minimum Gasteiger partial charge on any atom is -0.332 e. The Labute approximate surface area is 170 Å². The van der Waals surface area contributed by atoms with Crippen LogP contribution < -0.4 is 0 Å².